The molecule has 1 aliphatic rings. The summed E-state index contributed by atoms with van der Waals surface area (Å²) in [5.41, 5.74) is 0. The van der Waals surface area contributed by atoms with Gasteiger partial charge in [-0.25, -0.2) is 4.79 Å². The fourth-order valence-corrected chi connectivity index (χ4v) is 3.00. The maximum atomic E-state index is 12.4. The molecule has 12 heteroatoms. The normalized spacial score (nSPS) is 20.8. The number of hydrogen-bond donors (Lipinski definition) is 8. The van der Waals surface area contributed by atoms with Crippen LogP contribution in [0.5, 0.6) is 0 Å². The first-order valence-corrected chi connectivity index (χ1v) is 9.74. The summed E-state index contributed by atoms with van der Waals surface area (Å²) in [5.74, 6) is -3.29. The minimum absolute atomic E-state index is 0.0105. The number of hydrogen-bond acceptors (Lipinski definition) is 8. The lowest BCUT2D eigenvalue weighted by Gasteiger charge is -2.24. The number of nitrogens with one attached hydrogen (secondary N) is 4. The molecule has 1 heterocycles. The summed E-state index contributed by atoms with van der Waals surface area (Å²) >= 11 is 8.05. The lowest BCUT2D eigenvalue weighted by Crippen LogP contribution is -2.59. The van der Waals surface area contributed by atoms with Gasteiger partial charge in [-0.15, -0.1) is 0 Å². The van der Waals surface area contributed by atoms with E-state index >= 15 is 0 Å². The van der Waals surface area contributed by atoms with Crippen molar-refractivity contribution in [3.05, 3.63) is 0 Å². The Balaban J connectivity index is 2.67. The standard InChI is InChI=1S/C15H26N4O6S2/c1-7(20)11(15(24)25)19-14(23)10(6-27)18-13(22)9(5-26)17-12(21)8-3-2-4-16-8/h7-11,16,20,26-27H,2-6H2,1H3,(H,17,21)(H,18,22)(H,19,23)(H,24,25). The van der Waals surface area contributed by atoms with E-state index in [0.717, 1.165) is 13.0 Å². The van der Waals surface area contributed by atoms with Gasteiger partial charge in [-0.3, -0.25) is 14.4 Å². The Morgan fingerprint density at radius 1 is 1.07 bits per heavy atom. The molecule has 154 valence electrons. The van der Waals surface area contributed by atoms with Crippen LogP contribution in [0.1, 0.15) is 19.8 Å². The van der Waals surface area contributed by atoms with Gasteiger partial charge in [0.25, 0.3) is 0 Å². The van der Waals surface area contributed by atoms with Gasteiger partial charge in [-0.05, 0) is 26.3 Å². The molecule has 3 amide bonds. The van der Waals surface area contributed by atoms with Crippen LogP contribution in [0, 0.1) is 0 Å². The van der Waals surface area contributed by atoms with Crippen molar-refractivity contribution in [3.63, 3.8) is 0 Å². The average Bonchev–Trinajstić information content (AvgIpc) is 3.15. The van der Waals surface area contributed by atoms with Crippen LogP contribution >= 0.6 is 25.3 Å². The summed E-state index contributed by atoms with van der Waals surface area (Å²) in [6, 6.07) is -4.01. The molecule has 0 aromatic rings. The lowest BCUT2D eigenvalue weighted by molar-refractivity contribution is -0.145. The second-order valence-electron chi connectivity index (χ2n) is 6.20. The zero-order valence-corrected chi connectivity index (χ0v) is 16.6. The van der Waals surface area contributed by atoms with E-state index in [-0.39, 0.29) is 23.5 Å². The van der Waals surface area contributed by atoms with E-state index in [2.05, 4.69) is 46.5 Å². The average molecular weight is 423 g/mol. The van der Waals surface area contributed by atoms with Crippen LogP contribution in [0.15, 0.2) is 0 Å². The van der Waals surface area contributed by atoms with Crippen molar-refractivity contribution in [3.8, 4) is 0 Å². The number of aliphatic carboxylic acids is 1. The predicted molar refractivity (Wildman–Crippen MR) is 104 cm³/mol. The fraction of sp³-hybridized carbons (Fsp3) is 0.733. The highest BCUT2D eigenvalue weighted by molar-refractivity contribution is 7.80. The van der Waals surface area contributed by atoms with Crippen molar-refractivity contribution in [2.75, 3.05) is 18.1 Å². The Morgan fingerprint density at radius 3 is 2.07 bits per heavy atom. The molecule has 0 radical (unpaired) electrons. The SMILES string of the molecule is CC(O)C(NC(=O)C(CS)NC(=O)C(CS)NC(=O)C1CCCN1)C(=O)O. The Hall–Kier alpha value is -1.50. The van der Waals surface area contributed by atoms with E-state index < -0.39 is 42.0 Å². The molecule has 1 saturated heterocycles. The molecule has 0 aromatic heterocycles. The van der Waals surface area contributed by atoms with Crippen molar-refractivity contribution in [2.24, 2.45) is 0 Å². The number of carbonyl (C=O) groups excluding carboxylic acids is 3. The van der Waals surface area contributed by atoms with Crippen LogP contribution in [0.3, 0.4) is 0 Å². The highest BCUT2D eigenvalue weighted by Gasteiger charge is 2.31. The number of thiol groups is 2. The molecular weight excluding hydrogens is 396 g/mol. The summed E-state index contributed by atoms with van der Waals surface area (Å²) < 4.78 is 0. The summed E-state index contributed by atoms with van der Waals surface area (Å²) in [7, 11) is 0. The molecule has 0 bridgehead atoms. The van der Waals surface area contributed by atoms with E-state index in [4.69, 9.17) is 5.11 Å². The largest absolute Gasteiger partial charge is 0.480 e. The van der Waals surface area contributed by atoms with E-state index in [0.29, 0.717) is 6.42 Å². The third-order valence-electron chi connectivity index (χ3n) is 4.05. The fourth-order valence-electron chi connectivity index (χ4n) is 2.48. The minimum atomic E-state index is -1.52. The number of aliphatic hydroxyl groups is 1. The number of aliphatic hydroxyl groups excluding tert-OH is 1. The van der Waals surface area contributed by atoms with Crippen LogP contribution in [0.25, 0.3) is 0 Å². The van der Waals surface area contributed by atoms with Crippen LogP contribution < -0.4 is 21.3 Å². The Labute approximate surface area is 168 Å². The first-order chi connectivity index (χ1) is 12.7. The molecule has 1 aliphatic heterocycles. The van der Waals surface area contributed by atoms with E-state index in [9.17, 15) is 24.3 Å². The van der Waals surface area contributed by atoms with Gasteiger partial charge in [-0.1, -0.05) is 0 Å². The van der Waals surface area contributed by atoms with Crippen LogP contribution in [0.4, 0.5) is 0 Å². The molecule has 6 N–H and O–H groups in total. The smallest absolute Gasteiger partial charge is 0.328 e. The zero-order chi connectivity index (χ0) is 20.6. The molecule has 5 unspecified atom stereocenters. The van der Waals surface area contributed by atoms with Gasteiger partial charge in [0.1, 0.15) is 12.1 Å². The van der Waals surface area contributed by atoms with Crippen molar-refractivity contribution >= 4 is 48.9 Å². The summed E-state index contributed by atoms with van der Waals surface area (Å²) in [6.07, 6.45) is 0.210. The van der Waals surface area contributed by atoms with Gasteiger partial charge in [0.15, 0.2) is 6.04 Å². The molecule has 27 heavy (non-hydrogen) atoms. The number of amides is 3. The van der Waals surface area contributed by atoms with Gasteiger partial charge in [0, 0.05) is 11.5 Å². The van der Waals surface area contributed by atoms with E-state index in [1.165, 1.54) is 6.92 Å². The van der Waals surface area contributed by atoms with Gasteiger partial charge in [0.05, 0.1) is 12.1 Å². The molecule has 10 nitrogen and oxygen atoms in total. The number of carboxylic acids is 1. The third kappa shape index (κ3) is 7.20. The Morgan fingerprint density at radius 2 is 1.63 bits per heavy atom. The molecule has 0 aromatic carbocycles. The van der Waals surface area contributed by atoms with E-state index in [1.807, 2.05) is 0 Å². The topological polar surface area (TPSA) is 157 Å². The number of carbonyl (C=O) groups is 4. The van der Waals surface area contributed by atoms with Gasteiger partial charge < -0.3 is 31.5 Å². The van der Waals surface area contributed by atoms with Crippen molar-refractivity contribution in [1.29, 1.82) is 0 Å². The first kappa shape index (κ1) is 23.5. The summed E-state index contributed by atoms with van der Waals surface area (Å²) in [5, 5.41) is 28.6. The predicted octanol–water partition coefficient (Wildman–Crippen LogP) is -2.48. The van der Waals surface area contributed by atoms with Crippen LogP contribution in [-0.2, 0) is 19.2 Å². The molecule has 5 atom stereocenters. The van der Waals surface area contributed by atoms with E-state index in [1.54, 1.807) is 0 Å². The monoisotopic (exact) mass is 422 g/mol. The molecule has 0 spiro atoms. The Kier molecular flexibility index (Phi) is 9.91. The molecule has 0 aliphatic carbocycles. The van der Waals surface area contributed by atoms with Crippen molar-refractivity contribution < 1.29 is 29.4 Å². The van der Waals surface area contributed by atoms with Gasteiger partial charge in [-0.2, -0.15) is 25.3 Å². The van der Waals surface area contributed by atoms with Gasteiger partial charge in [0.2, 0.25) is 17.7 Å². The first-order valence-electron chi connectivity index (χ1n) is 8.48. The maximum Gasteiger partial charge on any atom is 0.328 e. The summed E-state index contributed by atoms with van der Waals surface area (Å²) in [4.78, 5) is 47.8. The number of rotatable bonds is 10. The second-order valence-corrected chi connectivity index (χ2v) is 6.93. The molecule has 1 rings (SSSR count). The Bertz CT molecular complexity index is 556. The van der Waals surface area contributed by atoms with Gasteiger partial charge >= 0.3 is 5.97 Å². The minimum Gasteiger partial charge on any atom is -0.480 e. The molecular formula is C15H26N4O6S2. The highest BCUT2D eigenvalue weighted by Crippen LogP contribution is 2.05. The molecule has 1 fully saturated rings. The van der Waals surface area contributed by atoms with Crippen LogP contribution in [0.2, 0.25) is 0 Å². The van der Waals surface area contributed by atoms with Crippen molar-refractivity contribution in [1.82, 2.24) is 21.3 Å². The van der Waals surface area contributed by atoms with Crippen LogP contribution in [-0.4, -0.2) is 82.2 Å². The quantitative estimate of drug-likeness (QED) is 0.181. The number of carboxylic acid groups (broad SMARTS) is 1. The highest BCUT2D eigenvalue weighted by atomic mass is 32.1. The maximum absolute atomic E-state index is 12.4. The zero-order valence-electron chi connectivity index (χ0n) is 14.8. The van der Waals surface area contributed by atoms with Crippen molar-refractivity contribution in [2.45, 2.75) is 50.0 Å². The second kappa shape index (κ2) is 11.4. The lowest BCUT2D eigenvalue weighted by atomic mass is 10.1. The third-order valence-corrected chi connectivity index (χ3v) is 4.78. The molecule has 0 saturated carbocycles. The summed E-state index contributed by atoms with van der Waals surface area (Å²) in [6.45, 7) is 1.95.